The first-order chi connectivity index (χ1) is 12.0. The summed E-state index contributed by atoms with van der Waals surface area (Å²) in [5.41, 5.74) is 2.21. The Morgan fingerprint density at radius 3 is 2.40 bits per heavy atom. The number of nitrogens with one attached hydrogen (secondary N) is 1. The minimum atomic E-state index is -0.571. The quantitative estimate of drug-likeness (QED) is 0.748. The molecule has 1 amide bonds. The first-order valence-electron chi connectivity index (χ1n) is 8.27. The number of methoxy groups -OCH3 is 1. The Bertz CT molecular complexity index is 694. The number of hydrogen-bond acceptors (Lipinski definition) is 4. The van der Waals surface area contributed by atoms with Crippen LogP contribution in [0.15, 0.2) is 42.5 Å². The van der Waals surface area contributed by atoms with Crippen molar-refractivity contribution in [3.63, 3.8) is 0 Å². The molecular formula is C20H25NO4. The van der Waals surface area contributed by atoms with E-state index < -0.39 is 6.10 Å². The van der Waals surface area contributed by atoms with Gasteiger partial charge in [-0.15, -0.1) is 0 Å². The van der Waals surface area contributed by atoms with Crippen LogP contribution in [0.2, 0.25) is 0 Å². The van der Waals surface area contributed by atoms with E-state index in [-0.39, 0.29) is 5.91 Å². The van der Waals surface area contributed by atoms with Gasteiger partial charge in [-0.25, -0.2) is 0 Å². The van der Waals surface area contributed by atoms with Crippen LogP contribution in [-0.2, 0) is 4.79 Å². The number of amides is 1. The predicted octanol–water partition coefficient (Wildman–Crippen LogP) is 3.27. The molecule has 1 N–H and O–H groups in total. The highest BCUT2D eigenvalue weighted by atomic mass is 16.5. The third-order valence-electron chi connectivity index (χ3n) is 3.59. The van der Waals surface area contributed by atoms with Gasteiger partial charge in [0.1, 0.15) is 23.9 Å². The van der Waals surface area contributed by atoms with E-state index >= 15 is 0 Å². The normalized spacial score (nSPS) is 11.5. The van der Waals surface area contributed by atoms with Crippen LogP contribution < -0.4 is 19.5 Å². The Morgan fingerprint density at radius 1 is 1.04 bits per heavy atom. The second-order valence-electron chi connectivity index (χ2n) is 5.90. The fourth-order valence-corrected chi connectivity index (χ4v) is 2.44. The lowest BCUT2D eigenvalue weighted by Crippen LogP contribution is -2.38. The van der Waals surface area contributed by atoms with E-state index in [1.165, 1.54) is 0 Å². The van der Waals surface area contributed by atoms with Crippen LogP contribution in [0.5, 0.6) is 17.2 Å². The van der Waals surface area contributed by atoms with Gasteiger partial charge in [0.05, 0.1) is 13.7 Å². The lowest BCUT2D eigenvalue weighted by molar-refractivity contribution is -0.127. The molecule has 1 atom stereocenters. The Balaban J connectivity index is 1.75. The average Bonchev–Trinajstić information content (AvgIpc) is 2.57. The maximum Gasteiger partial charge on any atom is 0.260 e. The fourth-order valence-electron chi connectivity index (χ4n) is 2.44. The van der Waals surface area contributed by atoms with E-state index in [0.717, 1.165) is 16.9 Å². The Hall–Kier alpha value is -2.69. The summed E-state index contributed by atoms with van der Waals surface area (Å²) in [6, 6.07) is 13.2. The molecule has 0 aliphatic carbocycles. The van der Waals surface area contributed by atoms with Crippen LogP contribution in [0.3, 0.4) is 0 Å². The monoisotopic (exact) mass is 343 g/mol. The standard InChI is InChI=1S/C20H25NO4/c1-14-10-15(2)12-19(11-14)25-16(3)20(22)21-8-9-24-18-7-5-6-17(13-18)23-4/h5-7,10-13,16H,8-9H2,1-4H3,(H,21,22)/t16-/m0/s1. The van der Waals surface area contributed by atoms with Crippen LogP contribution >= 0.6 is 0 Å². The van der Waals surface area contributed by atoms with Gasteiger partial charge in [-0.3, -0.25) is 4.79 Å². The third-order valence-corrected chi connectivity index (χ3v) is 3.59. The largest absolute Gasteiger partial charge is 0.497 e. The molecule has 2 aromatic carbocycles. The topological polar surface area (TPSA) is 56.8 Å². The molecule has 0 spiro atoms. The lowest BCUT2D eigenvalue weighted by atomic mass is 10.1. The van der Waals surface area contributed by atoms with Crippen LogP contribution in [0.25, 0.3) is 0 Å². The summed E-state index contributed by atoms with van der Waals surface area (Å²) in [5, 5.41) is 2.81. The highest BCUT2D eigenvalue weighted by molar-refractivity contribution is 5.80. The second-order valence-corrected chi connectivity index (χ2v) is 5.90. The van der Waals surface area contributed by atoms with Crippen molar-refractivity contribution in [2.24, 2.45) is 0 Å². The molecule has 0 aliphatic rings. The second kappa shape index (κ2) is 8.97. The van der Waals surface area contributed by atoms with Crippen LogP contribution in [0, 0.1) is 13.8 Å². The molecule has 0 aromatic heterocycles. The number of ether oxygens (including phenoxy) is 3. The van der Waals surface area contributed by atoms with Crippen molar-refractivity contribution in [3.8, 4) is 17.2 Å². The maximum atomic E-state index is 12.1. The zero-order valence-corrected chi connectivity index (χ0v) is 15.2. The Labute approximate surface area is 148 Å². The minimum Gasteiger partial charge on any atom is -0.497 e. The first kappa shape index (κ1) is 18.6. The lowest BCUT2D eigenvalue weighted by Gasteiger charge is -2.16. The van der Waals surface area contributed by atoms with Crippen molar-refractivity contribution in [1.82, 2.24) is 5.32 Å². The highest BCUT2D eigenvalue weighted by Crippen LogP contribution is 2.19. The first-order valence-corrected chi connectivity index (χ1v) is 8.27. The van der Waals surface area contributed by atoms with Gasteiger partial charge >= 0.3 is 0 Å². The highest BCUT2D eigenvalue weighted by Gasteiger charge is 2.14. The number of hydrogen-bond donors (Lipinski definition) is 1. The molecule has 0 radical (unpaired) electrons. The van der Waals surface area contributed by atoms with Gasteiger partial charge in [-0.2, -0.15) is 0 Å². The number of rotatable bonds is 8. The predicted molar refractivity (Wildman–Crippen MR) is 97.5 cm³/mol. The van der Waals surface area contributed by atoms with E-state index in [0.29, 0.717) is 24.7 Å². The molecule has 0 heterocycles. The molecule has 2 aromatic rings. The summed E-state index contributed by atoms with van der Waals surface area (Å²) in [4.78, 5) is 12.1. The number of carbonyl (C=O) groups excluding carboxylic acids is 1. The van der Waals surface area contributed by atoms with Gasteiger partial charge in [-0.05, 0) is 56.2 Å². The van der Waals surface area contributed by atoms with Crippen molar-refractivity contribution in [1.29, 1.82) is 0 Å². The molecule has 134 valence electrons. The van der Waals surface area contributed by atoms with E-state index in [1.54, 1.807) is 20.1 Å². The van der Waals surface area contributed by atoms with E-state index in [2.05, 4.69) is 11.4 Å². The van der Waals surface area contributed by atoms with Crippen molar-refractivity contribution in [2.75, 3.05) is 20.3 Å². The van der Waals surface area contributed by atoms with Gasteiger partial charge in [0.2, 0.25) is 0 Å². The van der Waals surface area contributed by atoms with Crippen LogP contribution in [0.1, 0.15) is 18.1 Å². The SMILES string of the molecule is COc1cccc(OCCNC(=O)[C@H](C)Oc2cc(C)cc(C)c2)c1. The maximum absolute atomic E-state index is 12.1. The van der Waals surface area contributed by atoms with Crippen molar-refractivity contribution in [2.45, 2.75) is 26.9 Å². The molecule has 0 saturated carbocycles. The Kier molecular flexibility index (Phi) is 6.69. The van der Waals surface area contributed by atoms with Gasteiger partial charge in [0.25, 0.3) is 5.91 Å². The van der Waals surface area contributed by atoms with Gasteiger partial charge < -0.3 is 19.5 Å². The molecule has 0 bridgehead atoms. The molecule has 0 saturated heterocycles. The van der Waals surface area contributed by atoms with E-state index in [1.807, 2.05) is 44.2 Å². The molecule has 0 fully saturated rings. The minimum absolute atomic E-state index is 0.173. The molecule has 2 rings (SSSR count). The molecule has 0 aliphatic heterocycles. The van der Waals surface area contributed by atoms with Crippen molar-refractivity contribution < 1.29 is 19.0 Å². The Morgan fingerprint density at radius 2 is 1.72 bits per heavy atom. The zero-order valence-electron chi connectivity index (χ0n) is 15.2. The molecule has 0 unspecified atom stereocenters. The summed E-state index contributed by atoms with van der Waals surface area (Å²) in [7, 11) is 1.61. The number of benzene rings is 2. The smallest absolute Gasteiger partial charge is 0.260 e. The summed E-state index contributed by atoms with van der Waals surface area (Å²) < 4.78 is 16.4. The summed E-state index contributed by atoms with van der Waals surface area (Å²) >= 11 is 0. The van der Waals surface area contributed by atoms with Crippen molar-refractivity contribution in [3.05, 3.63) is 53.6 Å². The average molecular weight is 343 g/mol. The van der Waals surface area contributed by atoms with Gasteiger partial charge in [0.15, 0.2) is 6.10 Å². The van der Waals surface area contributed by atoms with E-state index in [9.17, 15) is 4.79 Å². The fraction of sp³-hybridized carbons (Fsp3) is 0.350. The summed E-state index contributed by atoms with van der Waals surface area (Å²) in [6.45, 7) is 6.50. The van der Waals surface area contributed by atoms with Crippen LogP contribution in [0.4, 0.5) is 0 Å². The molecular weight excluding hydrogens is 318 g/mol. The van der Waals surface area contributed by atoms with Gasteiger partial charge in [0, 0.05) is 6.07 Å². The molecule has 5 nitrogen and oxygen atoms in total. The number of carbonyl (C=O) groups is 1. The zero-order chi connectivity index (χ0) is 18.2. The molecule has 25 heavy (non-hydrogen) atoms. The summed E-state index contributed by atoms with van der Waals surface area (Å²) in [6.07, 6.45) is -0.571. The number of aryl methyl sites for hydroxylation is 2. The summed E-state index contributed by atoms with van der Waals surface area (Å²) in [5.74, 6) is 1.96. The van der Waals surface area contributed by atoms with Gasteiger partial charge in [-0.1, -0.05) is 12.1 Å². The molecule has 5 heteroatoms. The van der Waals surface area contributed by atoms with E-state index in [4.69, 9.17) is 14.2 Å². The van der Waals surface area contributed by atoms with Crippen molar-refractivity contribution >= 4 is 5.91 Å². The van der Waals surface area contributed by atoms with Crippen LogP contribution in [-0.4, -0.2) is 32.3 Å². The third kappa shape index (κ3) is 6.03.